The summed E-state index contributed by atoms with van der Waals surface area (Å²) in [7, 11) is -3.32. The maximum atomic E-state index is 12.6. The first-order valence-electron chi connectivity index (χ1n) is 9.51. The Labute approximate surface area is 186 Å². The predicted octanol–water partition coefficient (Wildman–Crippen LogP) is 2.11. The van der Waals surface area contributed by atoms with Crippen LogP contribution in [-0.2, 0) is 21.3 Å². The molecular weight excluding hydrogens is 491 g/mol. The van der Waals surface area contributed by atoms with Gasteiger partial charge in [0.05, 0.1) is 24.5 Å². The number of benzene rings is 1. The minimum Gasteiger partial charge on any atom is -0.373 e. The molecule has 0 saturated carbocycles. The number of guanidine groups is 1. The average Bonchev–Trinajstić information content (AvgIpc) is 2.59. The van der Waals surface area contributed by atoms with Crippen molar-refractivity contribution in [2.45, 2.75) is 46.4 Å². The van der Waals surface area contributed by atoms with E-state index in [0.717, 1.165) is 5.56 Å². The molecule has 9 heteroatoms. The van der Waals surface area contributed by atoms with Crippen LogP contribution in [0.4, 0.5) is 0 Å². The second kappa shape index (κ2) is 11.9. The fraction of sp³-hybridized carbons (Fsp3) is 0.632. The molecule has 0 radical (unpaired) electrons. The fourth-order valence-electron chi connectivity index (χ4n) is 3.11. The zero-order chi connectivity index (χ0) is 19.9. The van der Waals surface area contributed by atoms with Crippen molar-refractivity contribution in [2.75, 3.05) is 31.9 Å². The topological polar surface area (TPSA) is 83.0 Å². The summed E-state index contributed by atoms with van der Waals surface area (Å²) in [5, 5.41) is 6.28. The summed E-state index contributed by atoms with van der Waals surface area (Å²) in [5.74, 6) is 0.652. The molecule has 28 heavy (non-hydrogen) atoms. The molecule has 1 aliphatic rings. The van der Waals surface area contributed by atoms with E-state index in [-0.39, 0.29) is 41.9 Å². The van der Waals surface area contributed by atoms with Gasteiger partial charge in [-0.15, -0.1) is 24.0 Å². The number of sulfonamides is 1. The van der Waals surface area contributed by atoms with Crippen molar-refractivity contribution in [3.8, 4) is 0 Å². The Morgan fingerprint density at radius 1 is 1.25 bits per heavy atom. The molecule has 1 aliphatic heterocycles. The maximum Gasteiger partial charge on any atom is 0.216 e. The Kier molecular flexibility index (Phi) is 10.7. The Balaban J connectivity index is 0.00000392. The van der Waals surface area contributed by atoms with E-state index in [2.05, 4.69) is 34.7 Å². The average molecular weight is 524 g/mol. The molecular formula is C19H33IN4O3S. The van der Waals surface area contributed by atoms with Gasteiger partial charge in [-0.3, -0.25) is 0 Å². The van der Waals surface area contributed by atoms with Gasteiger partial charge in [0.1, 0.15) is 0 Å². The maximum absolute atomic E-state index is 12.6. The molecule has 0 spiro atoms. The lowest BCUT2D eigenvalue weighted by atomic mass is 10.1. The van der Waals surface area contributed by atoms with Gasteiger partial charge in [0.15, 0.2) is 5.96 Å². The SMILES string of the molecule is CCNC(=NCc1cccc(C)c1)NCCS(=O)(=O)N1CC(C)OC(C)C1.I. The number of nitrogens with zero attached hydrogens (tertiary/aromatic N) is 2. The van der Waals surface area contributed by atoms with Crippen LogP contribution in [0.5, 0.6) is 0 Å². The van der Waals surface area contributed by atoms with E-state index in [9.17, 15) is 8.42 Å². The third-order valence-corrected chi connectivity index (χ3v) is 6.08. The molecule has 1 heterocycles. The zero-order valence-electron chi connectivity index (χ0n) is 17.1. The molecule has 0 amide bonds. The van der Waals surface area contributed by atoms with E-state index < -0.39 is 10.0 Å². The number of ether oxygens (including phenoxy) is 1. The molecule has 2 atom stereocenters. The van der Waals surface area contributed by atoms with E-state index in [0.29, 0.717) is 38.7 Å². The quantitative estimate of drug-likeness (QED) is 0.325. The third-order valence-electron chi connectivity index (χ3n) is 4.28. The summed E-state index contributed by atoms with van der Waals surface area (Å²) in [4.78, 5) is 4.55. The Bertz CT molecular complexity index is 732. The Morgan fingerprint density at radius 2 is 1.93 bits per heavy atom. The standard InChI is InChI=1S/C19H32N4O3S.HI/c1-5-20-19(22-12-18-8-6-7-15(2)11-18)21-9-10-27(24,25)23-13-16(3)26-17(4)14-23;/h6-8,11,16-17H,5,9-10,12-14H2,1-4H3,(H2,20,21,22);1H. The van der Waals surface area contributed by atoms with Gasteiger partial charge in [0, 0.05) is 26.2 Å². The Hall–Kier alpha value is -0.910. The van der Waals surface area contributed by atoms with Gasteiger partial charge in [0.2, 0.25) is 10.0 Å². The number of aliphatic imine (C=N–C) groups is 1. The largest absolute Gasteiger partial charge is 0.373 e. The first-order valence-corrected chi connectivity index (χ1v) is 11.1. The Morgan fingerprint density at radius 3 is 2.54 bits per heavy atom. The minimum atomic E-state index is -3.32. The molecule has 7 nitrogen and oxygen atoms in total. The lowest BCUT2D eigenvalue weighted by Crippen LogP contribution is -2.50. The number of hydrogen-bond donors (Lipinski definition) is 2. The zero-order valence-corrected chi connectivity index (χ0v) is 20.3. The van der Waals surface area contributed by atoms with Crippen molar-refractivity contribution in [1.82, 2.24) is 14.9 Å². The molecule has 160 valence electrons. The second-order valence-corrected chi connectivity index (χ2v) is 9.09. The summed E-state index contributed by atoms with van der Waals surface area (Å²) in [6.45, 7) is 10.2. The highest BCUT2D eigenvalue weighted by atomic mass is 127. The molecule has 2 N–H and O–H groups in total. The van der Waals surface area contributed by atoms with Gasteiger partial charge in [-0.1, -0.05) is 29.8 Å². The highest BCUT2D eigenvalue weighted by Gasteiger charge is 2.30. The van der Waals surface area contributed by atoms with E-state index >= 15 is 0 Å². The van der Waals surface area contributed by atoms with Crippen molar-refractivity contribution in [1.29, 1.82) is 0 Å². The van der Waals surface area contributed by atoms with Crippen molar-refractivity contribution in [3.05, 3.63) is 35.4 Å². The summed E-state index contributed by atoms with van der Waals surface area (Å²) in [6.07, 6.45) is -0.158. The predicted molar refractivity (Wildman–Crippen MR) is 125 cm³/mol. The van der Waals surface area contributed by atoms with Crippen molar-refractivity contribution in [2.24, 2.45) is 4.99 Å². The molecule has 1 aromatic rings. The van der Waals surface area contributed by atoms with Gasteiger partial charge in [-0.05, 0) is 33.3 Å². The lowest BCUT2D eigenvalue weighted by Gasteiger charge is -2.34. The summed E-state index contributed by atoms with van der Waals surface area (Å²) >= 11 is 0. The molecule has 1 aromatic carbocycles. The van der Waals surface area contributed by atoms with Crippen molar-refractivity contribution >= 4 is 40.0 Å². The fourth-order valence-corrected chi connectivity index (χ4v) is 4.60. The number of aryl methyl sites for hydroxylation is 1. The molecule has 0 aromatic heterocycles. The molecule has 0 aliphatic carbocycles. The number of hydrogen-bond acceptors (Lipinski definition) is 4. The normalized spacial score (nSPS) is 21.1. The van der Waals surface area contributed by atoms with Crippen molar-refractivity contribution in [3.63, 3.8) is 0 Å². The van der Waals surface area contributed by atoms with E-state index in [4.69, 9.17) is 4.74 Å². The van der Waals surface area contributed by atoms with Crippen LogP contribution in [0.15, 0.2) is 29.3 Å². The molecule has 1 fully saturated rings. The van der Waals surface area contributed by atoms with Crippen LogP contribution < -0.4 is 10.6 Å². The van der Waals surface area contributed by atoms with Crippen LogP contribution >= 0.6 is 24.0 Å². The summed E-state index contributed by atoms with van der Waals surface area (Å²) < 4.78 is 32.4. The smallest absolute Gasteiger partial charge is 0.216 e. The summed E-state index contributed by atoms with van der Waals surface area (Å²) in [6, 6.07) is 8.19. The van der Waals surface area contributed by atoms with Crippen LogP contribution in [-0.4, -0.2) is 62.8 Å². The highest BCUT2D eigenvalue weighted by molar-refractivity contribution is 14.0. The van der Waals surface area contributed by atoms with E-state index in [1.165, 1.54) is 9.87 Å². The molecule has 2 unspecified atom stereocenters. The number of rotatable bonds is 7. The van der Waals surface area contributed by atoms with Crippen LogP contribution in [0.3, 0.4) is 0 Å². The monoisotopic (exact) mass is 524 g/mol. The number of nitrogens with one attached hydrogen (secondary N) is 2. The van der Waals surface area contributed by atoms with Crippen LogP contribution in [0.2, 0.25) is 0 Å². The molecule has 1 saturated heterocycles. The van der Waals surface area contributed by atoms with Gasteiger partial charge < -0.3 is 15.4 Å². The minimum absolute atomic E-state index is 0. The van der Waals surface area contributed by atoms with Gasteiger partial charge in [0.25, 0.3) is 0 Å². The van der Waals surface area contributed by atoms with Crippen molar-refractivity contribution < 1.29 is 13.2 Å². The van der Waals surface area contributed by atoms with E-state index in [1.807, 2.05) is 32.9 Å². The van der Waals surface area contributed by atoms with Gasteiger partial charge in [-0.25, -0.2) is 13.4 Å². The third kappa shape index (κ3) is 8.22. The molecule has 2 rings (SSSR count). The van der Waals surface area contributed by atoms with Gasteiger partial charge >= 0.3 is 0 Å². The first-order chi connectivity index (χ1) is 12.8. The summed E-state index contributed by atoms with van der Waals surface area (Å²) in [5.41, 5.74) is 2.32. The lowest BCUT2D eigenvalue weighted by molar-refractivity contribution is -0.0440. The van der Waals surface area contributed by atoms with Crippen LogP contribution in [0.25, 0.3) is 0 Å². The number of halogens is 1. The second-order valence-electron chi connectivity index (χ2n) is 7.00. The molecule has 0 bridgehead atoms. The highest BCUT2D eigenvalue weighted by Crippen LogP contribution is 2.14. The van der Waals surface area contributed by atoms with Gasteiger partial charge in [-0.2, -0.15) is 4.31 Å². The van der Waals surface area contributed by atoms with Crippen LogP contribution in [0.1, 0.15) is 31.9 Å². The number of morpholine rings is 1. The van der Waals surface area contributed by atoms with Crippen LogP contribution in [0, 0.1) is 6.92 Å². The first kappa shape index (κ1) is 25.1. The van der Waals surface area contributed by atoms with E-state index in [1.54, 1.807) is 0 Å².